The highest BCUT2D eigenvalue weighted by Gasteiger charge is 2.36. The van der Waals surface area contributed by atoms with E-state index in [0.717, 1.165) is 18.5 Å². The molecule has 0 bridgehead atoms. The van der Waals surface area contributed by atoms with E-state index in [1.165, 1.54) is 0 Å². The molecule has 1 aliphatic rings. The van der Waals surface area contributed by atoms with Crippen LogP contribution >= 0.6 is 0 Å². The lowest BCUT2D eigenvalue weighted by Crippen LogP contribution is -2.60. The summed E-state index contributed by atoms with van der Waals surface area (Å²) in [5.74, 6) is 0. The van der Waals surface area contributed by atoms with Gasteiger partial charge < -0.3 is 5.32 Å². The van der Waals surface area contributed by atoms with Gasteiger partial charge in [0.1, 0.15) is 0 Å². The van der Waals surface area contributed by atoms with Gasteiger partial charge in [-0.3, -0.25) is 4.90 Å². The molecular weight excluding hydrogens is 246 g/mol. The first-order chi connectivity index (χ1) is 9.04. The molecule has 0 radical (unpaired) electrons. The van der Waals surface area contributed by atoms with Gasteiger partial charge in [0, 0.05) is 24.7 Å². The van der Waals surface area contributed by atoms with Crippen LogP contribution in [0.5, 0.6) is 0 Å². The summed E-state index contributed by atoms with van der Waals surface area (Å²) in [4.78, 5) is 1.92. The maximum Gasteiger partial charge on any atom is 0.251 e. The van der Waals surface area contributed by atoms with E-state index in [1.54, 1.807) is 0 Å². The molecule has 19 heavy (non-hydrogen) atoms. The Kier molecular flexibility index (Phi) is 4.53. The summed E-state index contributed by atoms with van der Waals surface area (Å²) in [5, 5.41) is 3.51. The molecule has 1 fully saturated rings. The van der Waals surface area contributed by atoms with Crippen molar-refractivity contribution in [2.75, 3.05) is 19.6 Å². The number of alkyl halides is 2. The van der Waals surface area contributed by atoms with Gasteiger partial charge in [0.2, 0.25) is 0 Å². The summed E-state index contributed by atoms with van der Waals surface area (Å²) >= 11 is 0. The zero-order valence-electron chi connectivity index (χ0n) is 11.6. The van der Waals surface area contributed by atoms with Crippen molar-refractivity contribution >= 4 is 0 Å². The van der Waals surface area contributed by atoms with E-state index in [2.05, 4.69) is 19.2 Å². The smallest absolute Gasteiger partial charge is 0.251 e. The van der Waals surface area contributed by atoms with Crippen LogP contribution in [0, 0.1) is 0 Å². The molecule has 2 unspecified atom stereocenters. The number of nitrogens with zero attached hydrogens (tertiary/aromatic N) is 1. The van der Waals surface area contributed by atoms with Crippen molar-refractivity contribution in [2.24, 2.45) is 0 Å². The monoisotopic (exact) mass is 268 g/mol. The highest BCUT2D eigenvalue weighted by molar-refractivity contribution is 5.21. The van der Waals surface area contributed by atoms with Gasteiger partial charge in [-0.25, -0.2) is 8.78 Å². The minimum atomic E-state index is -2.29. The zero-order valence-corrected chi connectivity index (χ0v) is 11.6. The van der Waals surface area contributed by atoms with E-state index in [-0.39, 0.29) is 18.1 Å². The van der Waals surface area contributed by atoms with Crippen LogP contribution < -0.4 is 5.32 Å². The number of rotatable bonds is 4. The molecule has 2 rings (SSSR count). The normalized spacial score (nSPS) is 28.8. The van der Waals surface area contributed by atoms with Gasteiger partial charge in [-0.2, -0.15) is 0 Å². The standard InChI is InChI=1S/C15H22F2N2/c1-3-15(2)11-19(10-14(16)17)13(9-18-15)12-7-5-4-6-8-12/h4-8,13-14,18H,3,9-11H2,1-2H3. The molecule has 1 heterocycles. The fourth-order valence-electron chi connectivity index (χ4n) is 2.70. The zero-order chi connectivity index (χ0) is 13.9. The molecule has 1 aromatic carbocycles. The molecule has 4 heteroatoms. The van der Waals surface area contributed by atoms with Gasteiger partial charge in [-0.15, -0.1) is 0 Å². The van der Waals surface area contributed by atoms with Crippen molar-refractivity contribution in [3.63, 3.8) is 0 Å². The summed E-state index contributed by atoms with van der Waals surface area (Å²) in [5.41, 5.74) is 1.04. The van der Waals surface area contributed by atoms with Gasteiger partial charge in [0.25, 0.3) is 6.43 Å². The molecule has 1 aliphatic heterocycles. The summed E-state index contributed by atoms with van der Waals surface area (Å²) in [6.45, 7) is 5.42. The van der Waals surface area contributed by atoms with Crippen molar-refractivity contribution in [2.45, 2.75) is 38.3 Å². The third-order valence-electron chi connectivity index (χ3n) is 4.05. The number of benzene rings is 1. The molecule has 1 aromatic rings. The fourth-order valence-corrected chi connectivity index (χ4v) is 2.70. The van der Waals surface area contributed by atoms with E-state index < -0.39 is 6.43 Å². The highest BCUT2D eigenvalue weighted by Crippen LogP contribution is 2.28. The summed E-state index contributed by atoms with van der Waals surface area (Å²) in [6.07, 6.45) is -1.35. The van der Waals surface area contributed by atoms with E-state index in [9.17, 15) is 8.78 Å². The first-order valence-electron chi connectivity index (χ1n) is 6.86. The first kappa shape index (κ1) is 14.4. The van der Waals surface area contributed by atoms with Crippen LogP contribution in [-0.2, 0) is 0 Å². The minimum absolute atomic E-state index is 0.0369. The van der Waals surface area contributed by atoms with Crippen LogP contribution in [0.15, 0.2) is 30.3 Å². The third kappa shape index (κ3) is 3.51. The molecule has 1 N–H and O–H groups in total. The number of hydrogen-bond donors (Lipinski definition) is 1. The molecule has 0 saturated carbocycles. The molecule has 1 saturated heterocycles. The lowest BCUT2D eigenvalue weighted by Gasteiger charge is -2.46. The summed E-state index contributed by atoms with van der Waals surface area (Å²) < 4.78 is 25.6. The second kappa shape index (κ2) is 5.97. The minimum Gasteiger partial charge on any atom is -0.308 e. The predicted octanol–water partition coefficient (Wildman–Crippen LogP) is 3.07. The van der Waals surface area contributed by atoms with Crippen molar-refractivity contribution in [3.8, 4) is 0 Å². The van der Waals surface area contributed by atoms with Crippen LogP contribution in [0.25, 0.3) is 0 Å². The maximum absolute atomic E-state index is 12.8. The Labute approximate surface area is 113 Å². The Balaban J connectivity index is 2.18. The number of piperazine rings is 1. The second-order valence-corrected chi connectivity index (χ2v) is 5.54. The van der Waals surface area contributed by atoms with Crippen molar-refractivity contribution in [1.82, 2.24) is 10.2 Å². The summed E-state index contributed by atoms with van der Waals surface area (Å²) in [7, 11) is 0. The maximum atomic E-state index is 12.8. The van der Waals surface area contributed by atoms with Crippen molar-refractivity contribution in [3.05, 3.63) is 35.9 Å². The lowest BCUT2D eigenvalue weighted by molar-refractivity contribution is 0.0223. The van der Waals surface area contributed by atoms with Crippen LogP contribution in [0.2, 0.25) is 0 Å². The molecule has 0 aromatic heterocycles. The lowest BCUT2D eigenvalue weighted by atomic mass is 9.91. The predicted molar refractivity (Wildman–Crippen MR) is 73.5 cm³/mol. The fraction of sp³-hybridized carbons (Fsp3) is 0.600. The Bertz CT molecular complexity index is 396. The molecule has 2 atom stereocenters. The van der Waals surface area contributed by atoms with Crippen molar-refractivity contribution < 1.29 is 8.78 Å². The third-order valence-corrected chi connectivity index (χ3v) is 4.05. The number of hydrogen-bond acceptors (Lipinski definition) is 2. The van der Waals surface area contributed by atoms with E-state index in [1.807, 2.05) is 35.2 Å². The number of halogens is 2. The van der Waals surface area contributed by atoms with E-state index in [0.29, 0.717) is 6.54 Å². The van der Waals surface area contributed by atoms with Crippen LogP contribution in [-0.4, -0.2) is 36.5 Å². The van der Waals surface area contributed by atoms with Gasteiger partial charge >= 0.3 is 0 Å². The van der Waals surface area contributed by atoms with Crippen LogP contribution in [0.4, 0.5) is 8.78 Å². The van der Waals surface area contributed by atoms with Crippen LogP contribution in [0.3, 0.4) is 0 Å². The van der Waals surface area contributed by atoms with Gasteiger partial charge in [0.05, 0.1) is 6.54 Å². The molecule has 0 spiro atoms. The Morgan fingerprint density at radius 3 is 2.63 bits per heavy atom. The number of nitrogens with one attached hydrogen (secondary N) is 1. The average Bonchev–Trinajstić information content (AvgIpc) is 2.39. The Hall–Kier alpha value is -1.00. The van der Waals surface area contributed by atoms with Crippen molar-refractivity contribution in [1.29, 1.82) is 0 Å². The average molecular weight is 268 g/mol. The second-order valence-electron chi connectivity index (χ2n) is 5.54. The molecule has 0 amide bonds. The molecule has 2 nitrogen and oxygen atoms in total. The van der Waals surface area contributed by atoms with E-state index >= 15 is 0 Å². The van der Waals surface area contributed by atoms with Crippen LogP contribution in [0.1, 0.15) is 31.9 Å². The quantitative estimate of drug-likeness (QED) is 0.903. The first-order valence-corrected chi connectivity index (χ1v) is 6.86. The largest absolute Gasteiger partial charge is 0.308 e. The molecule has 106 valence electrons. The SMILES string of the molecule is CCC1(C)CN(CC(F)F)C(c2ccccc2)CN1. The summed E-state index contributed by atoms with van der Waals surface area (Å²) in [6, 6.07) is 9.94. The van der Waals surface area contributed by atoms with Gasteiger partial charge in [-0.05, 0) is 18.9 Å². The highest BCUT2D eigenvalue weighted by atomic mass is 19.3. The van der Waals surface area contributed by atoms with E-state index in [4.69, 9.17) is 0 Å². The molecular formula is C15H22F2N2. The topological polar surface area (TPSA) is 15.3 Å². The Morgan fingerprint density at radius 2 is 2.05 bits per heavy atom. The Morgan fingerprint density at radius 1 is 1.37 bits per heavy atom. The molecule has 0 aliphatic carbocycles. The van der Waals surface area contributed by atoms with Gasteiger partial charge in [-0.1, -0.05) is 37.3 Å². The van der Waals surface area contributed by atoms with Gasteiger partial charge in [0.15, 0.2) is 0 Å².